The van der Waals surface area contributed by atoms with Crippen LogP contribution in [0, 0.1) is 5.41 Å². The quantitative estimate of drug-likeness (QED) is 0.329. The van der Waals surface area contributed by atoms with Crippen LogP contribution in [-0.2, 0) is 22.3 Å². The lowest BCUT2D eigenvalue weighted by Gasteiger charge is -2.23. The van der Waals surface area contributed by atoms with Gasteiger partial charge in [0.2, 0.25) is 0 Å². The van der Waals surface area contributed by atoms with Gasteiger partial charge in [0.05, 0.1) is 5.78 Å². The van der Waals surface area contributed by atoms with Crippen LogP contribution in [0.2, 0.25) is 0 Å². The van der Waals surface area contributed by atoms with E-state index in [9.17, 15) is 9.36 Å². The van der Waals surface area contributed by atoms with Crippen molar-refractivity contribution in [2.45, 2.75) is 18.8 Å². The van der Waals surface area contributed by atoms with Crippen molar-refractivity contribution in [3.63, 3.8) is 0 Å². The number of alkyl carbamates (subject to hydrolysis) is 1. The molecule has 1 unspecified atom stereocenters. The molecule has 0 spiro atoms. The number of carbonyl (C=O) groups is 1. The molecule has 0 aromatic heterocycles. The van der Waals surface area contributed by atoms with Gasteiger partial charge >= 0.3 is 6.09 Å². The monoisotopic (exact) mass is 388 g/mol. The molecule has 2 aromatic rings. The van der Waals surface area contributed by atoms with Crippen molar-refractivity contribution >= 4 is 24.9 Å². The number of hydrogen-bond acceptors (Lipinski definition) is 4. The van der Waals surface area contributed by atoms with Gasteiger partial charge in [-0.15, -0.1) is 0 Å². The van der Waals surface area contributed by atoms with E-state index >= 15 is 0 Å². The zero-order chi connectivity index (χ0) is 19.9. The van der Waals surface area contributed by atoms with E-state index in [1.165, 1.54) is 0 Å². The number of ether oxygens (including phenoxy) is 1. The average molecular weight is 388 g/mol. The number of carbonyl (C=O) groups excluding carboxylic acids is 1. The molecule has 5 N–H and O–H groups in total. The van der Waals surface area contributed by atoms with Gasteiger partial charge in [0.25, 0.3) is 0 Å². The lowest BCUT2D eigenvalue weighted by Crippen LogP contribution is -2.36. The second-order valence-corrected chi connectivity index (χ2v) is 10.1. The van der Waals surface area contributed by atoms with Crippen molar-refractivity contribution < 1.29 is 14.1 Å². The van der Waals surface area contributed by atoms with Crippen LogP contribution < -0.4 is 16.4 Å². The molecule has 0 aliphatic carbocycles. The number of amides is 1. The van der Waals surface area contributed by atoms with Crippen molar-refractivity contribution in [3.05, 3.63) is 65.7 Å². The molecule has 144 valence electrons. The molecule has 0 aliphatic heterocycles. The summed E-state index contributed by atoms with van der Waals surface area (Å²) in [5, 5.41) is 12.7. The number of nitrogens with one attached hydrogen (secondary N) is 3. The third-order valence-electron chi connectivity index (χ3n) is 3.91. The van der Waals surface area contributed by atoms with Crippen molar-refractivity contribution in [1.29, 1.82) is 5.41 Å². The van der Waals surface area contributed by atoms with Crippen molar-refractivity contribution in [2.75, 3.05) is 18.6 Å². The Morgan fingerprint density at radius 3 is 2.30 bits per heavy atom. The Hall–Kier alpha value is -2.79. The minimum absolute atomic E-state index is 0.143. The highest BCUT2D eigenvalue weighted by molar-refractivity contribution is 7.63. The molecule has 0 fully saturated rings. The molecule has 2 rings (SSSR count). The van der Waals surface area contributed by atoms with Crippen LogP contribution in [0.4, 0.5) is 10.5 Å². The maximum Gasteiger partial charge on any atom is 0.408 e. The molecule has 8 heteroatoms. The summed E-state index contributed by atoms with van der Waals surface area (Å²) in [6.45, 7) is 3.43. The first-order chi connectivity index (χ1) is 12.7. The van der Waals surface area contributed by atoms with E-state index in [0.717, 1.165) is 11.1 Å². The molecule has 0 radical (unpaired) electrons. The number of guanidine groups is 1. The fraction of sp³-hybridized carbons (Fsp3) is 0.263. The summed E-state index contributed by atoms with van der Waals surface area (Å²) in [6.07, 6.45) is -0.187. The predicted octanol–water partition coefficient (Wildman–Crippen LogP) is 3.41. The van der Waals surface area contributed by atoms with E-state index in [1.807, 2.05) is 42.5 Å². The standard InChI is InChI=1S/C19H25N4O3P/c1-27(2,25)17(12-14-8-10-16(11-9-14)22-18(20)21)23-19(24)26-13-15-6-4-3-5-7-15/h3-11,17H,12-13H2,1-2H3,(H,23,24)(H4,20,21,22). The Morgan fingerprint density at radius 1 is 1.11 bits per heavy atom. The average Bonchev–Trinajstić information content (AvgIpc) is 2.60. The number of nitrogens with two attached hydrogens (primary N) is 1. The molecule has 1 amide bonds. The first-order valence-corrected chi connectivity index (χ1v) is 11.1. The summed E-state index contributed by atoms with van der Waals surface area (Å²) in [5.41, 5.74) is 7.78. The fourth-order valence-electron chi connectivity index (χ4n) is 2.43. The lowest BCUT2D eigenvalue weighted by atomic mass is 10.1. The Balaban J connectivity index is 1.97. The summed E-state index contributed by atoms with van der Waals surface area (Å²) >= 11 is 0. The normalized spacial score (nSPS) is 12.1. The van der Waals surface area contributed by atoms with Gasteiger partial charge in [-0.05, 0) is 43.0 Å². The minimum atomic E-state index is -2.61. The molecular weight excluding hydrogens is 363 g/mol. The van der Waals surface area contributed by atoms with Crippen LogP contribution in [0.15, 0.2) is 54.6 Å². The van der Waals surface area contributed by atoms with E-state index in [2.05, 4.69) is 10.6 Å². The van der Waals surface area contributed by atoms with Gasteiger partial charge in [-0.1, -0.05) is 42.5 Å². The van der Waals surface area contributed by atoms with E-state index in [4.69, 9.17) is 15.9 Å². The summed E-state index contributed by atoms with van der Waals surface area (Å²) in [6, 6.07) is 16.6. The third kappa shape index (κ3) is 7.15. The smallest absolute Gasteiger partial charge is 0.408 e. The summed E-state index contributed by atoms with van der Waals surface area (Å²) < 4.78 is 17.8. The molecule has 0 bridgehead atoms. The first-order valence-electron chi connectivity index (χ1n) is 8.46. The van der Waals surface area contributed by atoms with Gasteiger partial charge in [0.1, 0.15) is 13.7 Å². The van der Waals surface area contributed by atoms with Crippen LogP contribution in [-0.4, -0.2) is 31.2 Å². The topological polar surface area (TPSA) is 117 Å². The molecular formula is C19H25N4O3P. The molecule has 0 saturated carbocycles. The van der Waals surface area contributed by atoms with Crippen LogP contribution in [0.5, 0.6) is 0 Å². The highest BCUT2D eigenvalue weighted by atomic mass is 31.2. The van der Waals surface area contributed by atoms with E-state index in [-0.39, 0.29) is 12.6 Å². The highest BCUT2D eigenvalue weighted by Gasteiger charge is 2.26. The maximum absolute atomic E-state index is 12.6. The Bertz CT molecular complexity index is 819. The summed E-state index contributed by atoms with van der Waals surface area (Å²) in [4.78, 5) is 12.1. The maximum atomic E-state index is 12.6. The van der Waals surface area contributed by atoms with Crippen LogP contribution in [0.25, 0.3) is 0 Å². The molecule has 0 heterocycles. The molecule has 0 aliphatic rings. The minimum Gasteiger partial charge on any atom is -0.445 e. The molecule has 2 aromatic carbocycles. The second kappa shape index (κ2) is 9.24. The van der Waals surface area contributed by atoms with Gasteiger partial charge in [0, 0.05) is 5.69 Å². The van der Waals surface area contributed by atoms with E-state index in [1.54, 1.807) is 25.5 Å². The predicted molar refractivity (Wildman–Crippen MR) is 109 cm³/mol. The summed E-state index contributed by atoms with van der Waals surface area (Å²) in [7, 11) is -2.61. The van der Waals surface area contributed by atoms with Gasteiger partial charge in [-0.3, -0.25) is 5.41 Å². The molecule has 1 atom stereocenters. The highest BCUT2D eigenvalue weighted by Crippen LogP contribution is 2.42. The number of benzene rings is 2. The van der Waals surface area contributed by atoms with E-state index < -0.39 is 19.0 Å². The van der Waals surface area contributed by atoms with Crippen molar-refractivity contribution in [3.8, 4) is 0 Å². The number of anilines is 1. The Kier molecular flexibility index (Phi) is 7.02. The van der Waals surface area contributed by atoms with Gasteiger partial charge < -0.3 is 25.7 Å². The molecule has 7 nitrogen and oxygen atoms in total. The number of rotatable bonds is 7. The third-order valence-corrected chi connectivity index (χ3v) is 5.72. The van der Waals surface area contributed by atoms with E-state index in [0.29, 0.717) is 12.1 Å². The van der Waals surface area contributed by atoms with Gasteiger partial charge in [-0.2, -0.15) is 0 Å². The largest absolute Gasteiger partial charge is 0.445 e. The van der Waals surface area contributed by atoms with Crippen molar-refractivity contribution in [1.82, 2.24) is 5.32 Å². The Morgan fingerprint density at radius 2 is 1.74 bits per heavy atom. The molecule has 0 saturated heterocycles. The lowest BCUT2D eigenvalue weighted by molar-refractivity contribution is 0.138. The van der Waals surface area contributed by atoms with Crippen molar-refractivity contribution in [2.24, 2.45) is 5.73 Å². The SMILES string of the molecule is CP(C)(=O)C(Cc1ccc(NC(=N)N)cc1)NC(=O)OCc1ccccc1. The van der Waals surface area contributed by atoms with Gasteiger partial charge in [-0.25, -0.2) is 4.79 Å². The van der Waals surface area contributed by atoms with Crippen LogP contribution >= 0.6 is 7.14 Å². The molecule has 27 heavy (non-hydrogen) atoms. The summed E-state index contributed by atoms with van der Waals surface area (Å²) in [5.74, 6) is -0.678. The zero-order valence-electron chi connectivity index (χ0n) is 15.4. The Labute approximate surface area is 159 Å². The van der Waals surface area contributed by atoms with Crippen LogP contribution in [0.1, 0.15) is 11.1 Å². The number of hydrogen-bond donors (Lipinski definition) is 4. The van der Waals surface area contributed by atoms with Crippen LogP contribution in [0.3, 0.4) is 0 Å². The fourth-order valence-corrected chi connectivity index (χ4v) is 3.50. The van der Waals surface area contributed by atoms with Gasteiger partial charge in [0.15, 0.2) is 5.96 Å². The first kappa shape index (κ1) is 20.5. The second-order valence-electron chi connectivity index (χ2n) is 6.60. The zero-order valence-corrected chi connectivity index (χ0v) is 16.3.